The van der Waals surface area contributed by atoms with Crippen molar-refractivity contribution >= 4 is 11.9 Å². The van der Waals surface area contributed by atoms with Crippen molar-refractivity contribution in [2.45, 2.75) is 0 Å². The summed E-state index contributed by atoms with van der Waals surface area (Å²) < 4.78 is 16.1. The molecule has 0 atom stereocenters. The van der Waals surface area contributed by atoms with Gasteiger partial charge < -0.3 is 24.0 Å². The minimum Gasteiger partial charge on any atom is -0.493 e. The van der Waals surface area contributed by atoms with Crippen LogP contribution in [0.4, 0.5) is 5.95 Å². The van der Waals surface area contributed by atoms with E-state index < -0.39 is 0 Å². The molecule has 138 valence electrons. The summed E-state index contributed by atoms with van der Waals surface area (Å²) in [6.45, 7) is 2.50. The molecule has 3 rings (SSSR count). The highest BCUT2D eigenvalue weighted by atomic mass is 16.5. The zero-order valence-corrected chi connectivity index (χ0v) is 15.1. The van der Waals surface area contributed by atoms with Crippen LogP contribution in [0.25, 0.3) is 0 Å². The van der Waals surface area contributed by atoms with E-state index in [4.69, 9.17) is 14.2 Å². The predicted molar refractivity (Wildman–Crippen MR) is 96.2 cm³/mol. The summed E-state index contributed by atoms with van der Waals surface area (Å²) in [6.07, 6.45) is 3.43. The second-order valence-corrected chi connectivity index (χ2v) is 5.71. The molecule has 0 saturated carbocycles. The van der Waals surface area contributed by atoms with Crippen LogP contribution < -0.4 is 19.1 Å². The third kappa shape index (κ3) is 3.35. The molecule has 1 fully saturated rings. The Morgan fingerprint density at radius 3 is 2.15 bits per heavy atom. The van der Waals surface area contributed by atoms with E-state index in [2.05, 4.69) is 14.9 Å². The van der Waals surface area contributed by atoms with E-state index >= 15 is 0 Å². The number of ether oxygens (including phenoxy) is 3. The van der Waals surface area contributed by atoms with Crippen LogP contribution in [-0.4, -0.2) is 68.3 Å². The maximum Gasteiger partial charge on any atom is 0.257 e. The van der Waals surface area contributed by atoms with Crippen LogP contribution in [-0.2, 0) is 0 Å². The van der Waals surface area contributed by atoms with Crippen molar-refractivity contribution in [1.82, 2.24) is 14.9 Å². The standard InChI is InChI=1S/C18H22N4O4/c1-24-14-6-5-13(15(25-2)16(14)26-3)17(23)21-9-11-22(12-10-21)18-19-7-4-8-20-18/h4-8H,9-12H2,1-3H3. The summed E-state index contributed by atoms with van der Waals surface area (Å²) in [5, 5.41) is 0. The monoisotopic (exact) mass is 358 g/mol. The number of hydrogen-bond acceptors (Lipinski definition) is 7. The zero-order valence-electron chi connectivity index (χ0n) is 15.1. The van der Waals surface area contributed by atoms with Crippen molar-refractivity contribution < 1.29 is 19.0 Å². The normalized spacial score (nSPS) is 14.1. The molecule has 1 amide bonds. The Morgan fingerprint density at radius 1 is 0.923 bits per heavy atom. The van der Waals surface area contributed by atoms with E-state index in [9.17, 15) is 4.79 Å². The second kappa shape index (κ2) is 7.90. The number of nitrogens with zero attached hydrogens (tertiary/aromatic N) is 4. The van der Waals surface area contributed by atoms with Crippen LogP contribution in [0.1, 0.15) is 10.4 Å². The molecule has 1 aromatic heterocycles. The highest BCUT2D eigenvalue weighted by Gasteiger charge is 2.27. The third-order valence-electron chi connectivity index (χ3n) is 4.34. The number of piperazine rings is 1. The first-order valence-corrected chi connectivity index (χ1v) is 8.29. The Bertz CT molecular complexity index is 761. The van der Waals surface area contributed by atoms with Gasteiger partial charge in [0.15, 0.2) is 11.5 Å². The number of anilines is 1. The molecule has 0 radical (unpaired) electrons. The summed E-state index contributed by atoms with van der Waals surface area (Å²) in [5.74, 6) is 1.90. The average molecular weight is 358 g/mol. The molecule has 1 saturated heterocycles. The second-order valence-electron chi connectivity index (χ2n) is 5.71. The summed E-state index contributed by atoms with van der Waals surface area (Å²) >= 11 is 0. The SMILES string of the molecule is COc1ccc(C(=O)N2CCN(c3ncccn3)CC2)c(OC)c1OC. The number of methoxy groups -OCH3 is 3. The van der Waals surface area contributed by atoms with Crippen LogP contribution in [0.15, 0.2) is 30.6 Å². The lowest BCUT2D eigenvalue weighted by molar-refractivity contribution is 0.0742. The van der Waals surface area contributed by atoms with E-state index in [1.165, 1.54) is 14.2 Å². The molecule has 2 heterocycles. The summed E-state index contributed by atoms with van der Waals surface area (Å²) in [5.41, 5.74) is 0.453. The quantitative estimate of drug-likeness (QED) is 0.801. The molecular weight excluding hydrogens is 336 g/mol. The molecule has 0 unspecified atom stereocenters. The van der Waals surface area contributed by atoms with E-state index in [1.54, 1.807) is 42.6 Å². The Kier molecular flexibility index (Phi) is 5.40. The van der Waals surface area contributed by atoms with Crippen LogP contribution in [0.5, 0.6) is 17.2 Å². The largest absolute Gasteiger partial charge is 0.493 e. The van der Waals surface area contributed by atoms with E-state index in [0.29, 0.717) is 54.9 Å². The number of benzene rings is 1. The minimum absolute atomic E-state index is 0.101. The summed E-state index contributed by atoms with van der Waals surface area (Å²) in [4.78, 5) is 25.4. The molecule has 0 N–H and O–H groups in total. The third-order valence-corrected chi connectivity index (χ3v) is 4.34. The van der Waals surface area contributed by atoms with Crippen molar-refractivity contribution in [3.63, 3.8) is 0 Å². The number of amides is 1. The van der Waals surface area contributed by atoms with Crippen molar-refractivity contribution in [3.8, 4) is 17.2 Å². The Hall–Kier alpha value is -3.03. The molecule has 8 heteroatoms. The number of rotatable bonds is 5. The molecular formula is C18H22N4O4. The molecule has 1 aliphatic heterocycles. The lowest BCUT2D eigenvalue weighted by Crippen LogP contribution is -2.49. The first kappa shape index (κ1) is 17.8. The molecule has 8 nitrogen and oxygen atoms in total. The molecule has 1 aromatic carbocycles. The van der Waals surface area contributed by atoms with Crippen LogP contribution in [0, 0.1) is 0 Å². The van der Waals surface area contributed by atoms with E-state index in [-0.39, 0.29) is 5.91 Å². The topological polar surface area (TPSA) is 77.0 Å². The van der Waals surface area contributed by atoms with Gasteiger partial charge in [-0.05, 0) is 18.2 Å². The number of carbonyl (C=O) groups excluding carboxylic acids is 1. The Labute approximate surface area is 152 Å². The van der Waals surface area contributed by atoms with Gasteiger partial charge in [0.2, 0.25) is 11.7 Å². The average Bonchev–Trinajstić information content (AvgIpc) is 2.72. The van der Waals surface area contributed by atoms with Gasteiger partial charge in [0, 0.05) is 38.6 Å². The van der Waals surface area contributed by atoms with Crippen molar-refractivity contribution in [2.75, 3.05) is 52.4 Å². The maximum absolute atomic E-state index is 13.0. The highest BCUT2D eigenvalue weighted by molar-refractivity contribution is 5.98. The molecule has 0 bridgehead atoms. The van der Waals surface area contributed by atoms with Gasteiger partial charge in [0.25, 0.3) is 5.91 Å². The van der Waals surface area contributed by atoms with Crippen molar-refractivity contribution in [3.05, 3.63) is 36.2 Å². The smallest absolute Gasteiger partial charge is 0.257 e. The van der Waals surface area contributed by atoms with Gasteiger partial charge in [0.1, 0.15) is 0 Å². The first-order chi connectivity index (χ1) is 12.7. The minimum atomic E-state index is -0.101. The van der Waals surface area contributed by atoms with Crippen LogP contribution in [0.3, 0.4) is 0 Å². The molecule has 0 aliphatic carbocycles. The van der Waals surface area contributed by atoms with Gasteiger partial charge >= 0.3 is 0 Å². The van der Waals surface area contributed by atoms with Gasteiger partial charge in [0.05, 0.1) is 26.9 Å². The number of carbonyl (C=O) groups is 1. The molecule has 2 aromatic rings. The van der Waals surface area contributed by atoms with Gasteiger partial charge in [-0.15, -0.1) is 0 Å². The highest BCUT2D eigenvalue weighted by Crippen LogP contribution is 2.40. The molecule has 0 spiro atoms. The number of hydrogen-bond donors (Lipinski definition) is 0. The van der Waals surface area contributed by atoms with Crippen molar-refractivity contribution in [2.24, 2.45) is 0 Å². The summed E-state index contributed by atoms with van der Waals surface area (Å²) in [7, 11) is 4.58. The fraction of sp³-hybridized carbons (Fsp3) is 0.389. The van der Waals surface area contributed by atoms with Crippen LogP contribution >= 0.6 is 0 Å². The number of aromatic nitrogens is 2. The van der Waals surface area contributed by atoms with E-state index in [0.717, 1.165) is 0 Å². The van der Waals surface area contributed by atoms with Crippen LogP contribution in [0.2, 0.25) is 0 Å². The van der Waals surface area contributed by atoms with Gasteiger partial charge in [-0.2, -0.15) is 0 Å². The first-order valence-electron chi connectivity index (χ1n) is 8.29. The molecule has 26 heavy (non-hydrogen) atoms. The lowest BCUT2D eigenvalue weighted by atomic mass is 10.1. The Morgan fingerprint density at radius 2 is 1.58 bits per heavy atom. The predicted octanol–water partition coefficient (Wildman–Crippen LogP) is 1.46. The zero-order chi connectivity index (χ0) is 18.5. The van der Waals surface area contributed by atoms with Gasteiger partial charge in [-0.1, -0.05) is 0 Å². The van der Waals surface area contributed by atoms with Gasteiger partial charge in [-0.3, -0.25) is 4.79 Å². The fourth-order valence-electron chi connectivity index (χ4n) is 3.00. The lowest BCUT2D eigenvalue weighted by Gasteiger charge is -2.35. The van der Waals surface area contributed by atoms with Gasteiger partial charge in [-0.25, -0.2) is 9.97 Å². The fourth-order valence-corrected chi connectivity index (χ4v) is 3.00. The summed E-state index contributed by atoms with van der Waals surface area (Å²) in [6, 6.07) is 5.20. The molecule has 1 aliphatic rings. The Balaban J connectivity index is 1.76. The maximum atomic E-state index is 13.0. The van der Waals surface area contributed by atoms with Crippen molar-refractivity contribution in [1.29, 1.82) is 0 Å². The van der Waals surface area contributed by atoms with E-state index in [1.807, 2.05) is 0 Å².